The van der Waals surface area contributed by atoms with Crippen molar-refractivity contribution in [1.82, 2.24) is 0 Å². The van der Waals surface area contributed by atoms with Crippen LogP contribution in [0.1, 0.15) is 70.6 Å². The maximum atomic E-state index is 13.0. The highest BCUT2D eigenvalue weighted by Crippen LogP contribution is 2.42. The molecule has 0 aromatic rings. The van der Waals surface area contributed by atoms with E-state index in [9.17, 15) is 19.7 Å². The van der Waals surface area contributed by atoms with Gasteiger partial charge in [0.1, 0.15) is 0 Å². The van der Waals surface area contributed by atoms with Crippen molar-refractivity contribution >= 4 is 11.6 Å². The van der Waals surface area contributed by atoms with Crippen LogP contribution in [0.2, 0.25) is 0 Å². The van der Waals surface area contributed by atoms with Crippen LogP contribution in [0, 0.1) is 16.0 Å². The van der Waals surface area contributed by atoms with E-state index in [2.05, 4.69) is 0 Å². The minimum Gasteiger partial charge on any atom is -0.343 e. The number of carbonyl (C=O) groups is 2. The monoisotopic (exact) mass is 353 g/mol. The van der Waals surface area contributed by atoms with Gasteiger partial charge in [-0.25, -0.2) is 0 Å². The highest BCUT2D eigenvalue weighted by molar-refractivity contribution is 5.90. The summed E-state index contributed by atoms with van der Waals surface area (Å²) in [6.45, 7) is 0.157. The van der Waals surface area contributed by atoms with Gasteiger partial charge in [-0.05, 0) is 12.8 Å². The number of nitro groups is 1. The minimum absolute atomic E-state index is 0.00204. The van der Waals surface area contributed by atoms with Crippen LogP contribution >= 0.6 is 0 Å². The molecule has 7 nitrogen and oxygen atoms in total. The summed E-state index contributed by atoms with van der Waals surface area (Å²) < 4.78 is 10.8. The molecule has 0 radical (unpaired) electrons. The molecular formula is C18H27NO6. The molecule has 0 amide bonds. The lowest BCUT2D eigenvalue weighted by Gasteiger charge is -2.36. The van der Waals surface area contributed by atoms with Crippen molar-refractivity contribution in [2.75, 3.05) is 6.61 Å². The first-order valence-electron chi connectivity index (χ1n) is 9.53. The van der Waals surface area contributed by atoms with Gasteiger partial charge in [0, 0.05) is 24.2 Å². The molecule has 3 rings (SSSR count). The normalized spacial score (nSPS) is 38.0. The Morgan fingerprint density at radius 3 is 2.32 bits per heavy atom. The fourth-order valence-electron chi connectivity index (χ4n) is 4.54. The van der Waals surface area contributed by atoms with Gasteiger partial charge >= 0.3 is 0 Å². The van der Waals surface area contributed by atoms with E-state index < -0.39 is 28.8 Å². The van der Waals surface area contributed by atoms with Crippen LogP contribution in [0.5, 0.6) is 0 Å². The van der Waals surface area contributed by atoms with E-state index in [1.165, 1.54) is 6.42 Å². The van der Waals surface area contributed by atoms with E-state index in [-0.39, 0.29) is 37.4 Å². The molecule has 4 atom stereocenters. The average molecular weight is 353 g/mol. The highest BCUT2D eigenvalue weighted by atomic mass is 16.7. The average Bonchev–Trinajstić information content (AvgIpc) is 3.00. The maximum Gasteiger partial charge on any atom is 0.284 e. The van der Waals surface area contributed by atoms with E-state index in [1.54, 1.807) is 0 Å². The number of rotatable bonds is 2. The zero-order valence-electron chi connectivity index (χ0n) is 14.6. The number of Topliss-reactive ketones (excluding diaryl/α,β-unsaturated/α-hetero) is 2. The first-order valence-corrected chi connectivity index (χ1v) is 9.53. The van der Waals surface area contributed by atoms with Gasteiger partial charge in [0.15, 0.2) is 5.78 Å². The number of ether oxygens (including phenoxy) is 2. The van der Waals surface area contributed by atoms with Gasteiger partial charge in [0.2, 0.25) is 12.1 Å². The molecule has 3 aliphatic rings. The molecule has 0 N–H and O–H groups in total. The van der Waals surface area contributed by atoms with Crippen LogP contribution in [-0.4, -0.2) is 41.0 Å². The van der Waals surface area contributed by atoms with Gasteiger partial charge in [-0.3, -0.25) is 19.7 Å². The van der Waals surface area contributed by atoms with E-state index in [0.717, 1.165) is 32.1 Å². The second-order valence-electron chi connectivity index (χ2n) is 7.55. The van der Waals surface area contributed by atoms with Crippen molar-refractivity contribution < 1.29 is 24.0 Å². The Labute approximate surface area is 147 Å². The molecule has 0 aromatic heterocycles. The second kappa shape index (κ2) is 7.91. The van der Waals surface area contributed by atoms with E-state index in [0.29, 0.717) is 12.8 Å². The molecule has 2 aliphatic heterocycles. The summed E-state index contributed by atoms with van der Waals surface area (Å²) >= 11 is 0. The van der Waals surface area contributed by atoms with Crippen LogP contribution in [0.25, 0.3) is 0 Å². The lowest BCUT2D eigenvalue weighted by molar-refractivity contribution is -0.567. The molecule has 3 fully saturated rings. The Morgan fingerprint density at radius 2 is 1.64 bits per heavy atom. The molecule has 0 aromatic carbocycles. The standard InChI is InChI=1S/C18H27NO6/c20-14-11-13(15-12-24-17(14)25-15)18(19(22)23)10-8-6-4-2-1-3-5-7-9-16(18)21/h13,15,17H,1-12H2/t13-,15+,17+,18?/m0/s1. The van der Waals surface area contributed by atoms with E-state index >= 15 is 0 Å². The van der Waals surface area contributed by atoms with Crippen LogP contribution < -0.4 is 0 Å². The van der Waals surface area contributed by atoms with Crippen molar-refractivity contribution in [3.05, 3.63) is 10.1 Å². The molecule has 1 unspecified atom stereocenters. The van der Waals surface area contributed by atoms with Crippen LogP contribution in [-0.2, 0) is 19.1 Å². The Bertz CT molecular complexity index is 536. The Kier molecular flexibility index (Phi) is 5.84. The van der Waals surface area contributed by atoms with Crippen molar-refractivity contribution in [2.24, 2.45) is 5.92 Å². The SMILES string of the molecule is O=C1C[C@H](C2([N+](=O)[O-])CCCCCCCCCCC2=O)[C@H]2CO[C@@H]1O2. The predicted molar refractivity (Wildman–Crippen MR) is 88.6 cm³/mol. The Balaban J connectivity index is 1.88. The summed E-state index contributed by atoms with van der Waals surface area (Å²) in [6.07, 6.45) is 6.51. The third kappa shape index (κ3) is 3.62. The molecule has 7 heteroatoms. The van der Waals surface area contributed by atoms with Crippen LogP contribution in [0.4, 0.5) is 0 Å². The summed E-state index contributed by atoms with van der Waals surface area (Å²) in [6, 6.07) is 0. The maximum absolute atomic E-state index is 13.0. The molecule has 1 saturated carbocycles. The van der Waals surface area contributed by atoms with Crippen molar-refractivity contribution in [1.29, 1.82) is 0 Å². The molecule has 0 spiro atoms. The molecule has 1 aliphatic carbocycles. The first-order chi connectivity index (χ1) is 12.1. The highest BCUT2D eigenvalue weighted by Gasteiger charge is 2.62. The number of nitrogens with zero attached hydrogens (tertiary/aromatic N) is 1. The smallest absolute Gasteiger partial charge is 0.284 e. The number of fused-ring (bicyclic) bond motifs is 2. The van der Waals surface area contributed by atoms with Gasteiger partial charge in [-0.1, -0.05) is 38.5 Å². The topological polar surface area (TPSA) is 95.7 Å². The summed E-state index contributed by atoms with van der Waals surface area (Å²) in [7, 11) is 0. The summed E-state index contributed by atoms with van der Waals surface area (Å²) in [5, 5.41) is 12.2. The third-order valence-corrected chi connectivity index (χ3v) is 5.98. The summed E-state index contributed by atoms with van der Waals surface area (Å²) in [5.74, 6) is -1.33. The molecule has 140 valence electrons. The lowest BCUT2D eigenvalue weighted by Crippen LogP contribution is -2.58. The summed E-state index contributed by atoms with van der Waals surface area (Å²) in [4.78, 5) is 36.9. The summed E-state index contributed by atoms with van der Waals surface area (Å²) in [5.41, 5.74) is -1.71. The number of ketones is 2. The Morgan fingerprint density at radius 1 is 1.00 bits per heavy atom. The van der Waals surface area contributed by atoms with Crippen LogP contribution in [0.15, 0.2) is 0 Å². The largest absolute Gasteiger partial charge is 0.343 e. The molecule has 25 heavy (non-hydrogen) atoms. The van der Waals surface area contributed by atoms with Gasteiger partial charge in [-0.15, -0.1) is 0 Å². The van der Waals surface area contributed by atoms with Crippen molar-refractivity contribution in [3.8, 4) is 0 Å². The van der Waals surface area contributed by atoms with Gasteiger partial charge in [0.05, 0.1) is 18.6 Å². The Hall–Kier alpha value is -1.34. The molecule has 2 bridgehead atoms. The van der Waals surface area contributed by atoms with Crippen molar-refractivity contribution in [2.45, 2.75) is 88.6 Å². The lowest BCUT2D eigenvalue weighted by atomic mass is 9.70. The number of carbonyl (C=O) groups excluding carboxylic acids is 2. The fraction of sp³-hybridized carbons (Fsp3) is 0.889. The number of hydrogen-bond acceptors (Lipinski definition) is 6. The molecular weight excluding hydrogens is 326 g/mol. The fourth-order valence-corrected chi connectivity index (χ4v) is 4.54. The third-order valence-electron chi connectivity index (χ3n) is 5.98. The number of hydrogen-bond donors (Lipinski definition) is 0. The van der Waals surface area contributed by atoms with E-state index in [1.807, 2.05) is 0 Å². The molecule has 2 heterocycles. The van der Waals surface area contributed by atoms with E-state index in [4.69, 9.17) is 9.47 Å². The van der Waals surface area contributed by atoms with Crippen molar-refractivity contribution in [3.63, 3.8) is 0 Å². The predicted octanol–water partition coefficient (Wildman–Crippen LogP) is 2.82. The van der Waals surface area contributed by atoms with Gasteiger partial charge in [0.25, 0.3) is 5.54 Å². The van der Waals surface area contributed by atoms with Crippen LogP contribution in [0.3, 0.4) is 0 Å². The molecule has 2 saturated heterocycles. The zero-order chi connectivity index (χ0) is 17.9. The minimum atomic E-state index is -1.71. The quantitative estimate of drug-likeness (QED) is 0.559. The van der Waals surface area contributed by atoms with Gasteiger partial charge < -0.3 is 9.47 Å². The second-order valence-corrected chi connectivity index (χ2v) is 7.55. The first kappa shape index (κ1) is 18.5. The zero-order valence-corrected chi connectivity index (χ0v) is 14.6. The van der Waals surface area contributed by atoms with Gasteiger partial charge in [-0.2, -0.15) is 0 Å².